The van der Waals surface area contributed by atoms with Crippen LogP contribution in [0.4, 0.5) is 5.69 Å². The normalized spacial score (nSPS) is 28.8. The van der Waals surface area contributed by atoms with Crippen LogP contribution >= 0.6 is 15.9 Å². The van der Waals surface area contributed by atoms with Gasteiger partial charge >= 0.3 is 0 Å². The first-order valence-electron chi connectivity index (χ1n) is 9.07. The Labute approximate surface area is 156 Å². The smallest absolute Gasteiger partial charge is 0.255 e. The van der Waals surface area contributed by atoms with Crippen LogP contribution in [0.15, 0.2) is 28.7 Å². The molecule has 5 rings (SSSR count). The van der Waals surface area contributed by atoms with Crippen molar-refractivity contribution in [3.8, 4) is 0 Å². The van der Waals surface area contributed by atoms with Crippen molar-refractivity contribution in [1.82, 2.24) is 9.80 Å². The lowest BCUT2D eigenvalue weighted by Gasteiger charge is -2.43. The number of anilines is 1. The summed E-state index contributed by atoms with van der Waals surface area (Å²) in [6, 6.07) is 9.73. The van der Waals surface area contributed by atoms with Gasteiger partial charge in [-0.25, -0.2) is 0 Å². The van der Waals surface area contributed by atoms with Crippen molar-refractivity contribution in [3.63, 3.8) is 0 Å². The van der Waals surface area contributed by atoms with Gasteiger partial charge in [-0.1, -0.05) is 18.2 Å². The van der Waals surface area contributed by atoms with Gasteiger partial charge in [0.25, 0.3) is 5.91 Å². The first kappa shape index (κ1) is 15.6. The Kier molecular flexibility index (Phi) is 3.41. The number of piperidine rings is 1. The fourth-order valence-electron chi connectivity index (χ4n) is 5.19. The highest BCUT2D eigenvalue weighted by Crippen LogP contribution is 2.41. The van der Waals surface area contributed by atoms with Crippen molar-refractivity contribution in [2.24, 2.45) is 0 Å². The molecule has 2 aromatic carbocycles. The Balaban J connectivity index is 1.58. The predicted molar refractivity (Wildman–Crippen MR) is 104 cm³/mol. The van der Waals surface area contributed by atoms with Gasteiger partial charge in [0.1, 0.15) is 0 Å². The molecule has 0 saturated carbocycles. The molecule has 25 heavy (non-hydrogen) atoms. The first-order valence-corrected chi connectivity index (χ1v) is 9.86. The maximum Gasteiger partial charge on any atom is 0.255 e. The molecule has 1 amide bonds. The van der Waals surface area contributed by atoms with Gasteiger partial charge < -0.3 is 15.5 Å². The third-order valence-corrected chi connectivity index (χ3v) is 7.24. The summed E-state index contributed by atoms with van der Waals surface area (Å²) in [7, 11) is 2.24. The minimum absolute atomic E-state index is 0.165. The van der Waals surface area contributed by atoms with Crippen LogP contribution in [0.5, 0.6) is 0 Å². The molecule has 2 aromatic rings. The van der Waals surface area contributed by atoms with Gasteiger partial charge in [-0.15, -0.1) is 0 Å². The fourth-order valence-corrected chi connectivity index (χ4v) is 5.63. The molecule has 3 heterocycles. The highest BCUT2D eigenvalue weighted by atomic mass is 79.9. The number of nitrogen functional groups attached to an aromatic ring is 1. The molecular weight excluding hydrogens is 378 g/mol. The molecule has 130 valence electrons. The van der Waals surface area contributed by atoms with Crippen LogP contribution in [0.25, 0.3) is 10.8 Å². The van der Waals surface area contributed by atoms with E-state index in [1.165, 1.54) is 18.4 Å². The SMILES string of the molecule is CN1C2CCC1CC(N1Cc3cccc4c(N)c(Br)cc(c34)C1=O)C2. The number of halogens is 1. The summed E-state index contributed by atoms with van der Waals surface area (Å²) in [5.41, 5.74) is 8.98. The topological polar surface area (TPSA) is 49.6 Å². The molecule has 0 aromatic heterocycles. The van der Waals surface area contributed by atoms with E-state index in [4.69, 9.17) is 5.73 Å². The highest BCUT2D eigenvalue weighted by molar-refractivity contribution is 9.10. The molecule has 2 saturated heterocycles. The molecule has 5 heteroatoms. The van der Waals surface area contributed by atoms with Gasteiger partial charge in [-0.3, -0.25) is 4.79 Å². The zero-order chi connectivity index (χ0) is 17.3. The van der Waals surface area contributed by atoms with E-state index >= 15 is 0 Å². The van der Waals surface area contributed by atoms with Crippen LogP contribution in [0, 0.1) is 0 Å². The quantitative estimate of drug-likeness (QED) is 0.742. The van der Waals surface area contributed by atoms with Crippen molar-refractivity contribution in [2.45, 2.75) is 50.4 Å². The maximum absolute atomic E-state index is 13.3. The number of carbonyl (C=O) groups excluding carboxylic acids is 1. The number of rotatable bonds is 1. The summed E-state index contributed by atoms with van der Waals surface area (Å²) in [4.78, 5) is 18.0. The number of carbonyl (C=O) groups is 1. The summed E-state index contributed by atoms with van der Waals surface area (Å²) in [6.45, 7) is 0.706. The zero-order valence-electron chi connectivity index (χ0n) is 14.3. The second-order valence-electron chi connectivity index (χ2n) is 7.77. The molecule has 2 fully saturated rings. The Morgan fingerprint density at radius 2 is 1.88 bits per heavy atom. The van der Waals surface area contributed by atoms with E-state index in [-0.39, 0.29) is 5.91 Å². The number of hydrogen-bond acceptors (Lipinski definition) is 3. The fraction of sp³-hybridized carbons (Fsp3) is 0.450. The number of amides is 1. The Hall–Kier alpha value is -1.59. The number of fused-ring (bicyclic) bond motifs is 2. The first-order chi connectivity index (χ1) is 12.0. The van der Waals surface area contributed by atoms with Gasteiger partial charge in [0.05, 0.1) is 5.69 Å². The molecule has 0 spiro atoms. The van der Waals surface area contributed by atoms with Gasteiger partial charge in [-0.2, -0.15) is 0 Å². The molecule has 2 N–H and O–H groups in total. The largest absolute Gasteiger partial charge is 0.397 e. The van der Waals surface area contributed by atoms with Crippen LogP contribution in [-0.2, 0) is 6.54 Å². The van der Waals surface area contributed by atoms with E-state index < -0.39 is 0 Å². The summed E-state index contributed by atoms with van der Waals surface area (Å²) in [5, 5.41) is 2.03. The molecule has 0 aliphatic carbocycles. The van der Waals surface area contributed by atoms with Crippen LogP contribution in [0.2, 0.25) is 0 Å². The van der Waals surface area contributed by atoms with Crippen molar-refractivity contribution in [1.29, 1.82) is 0 Å². The standard InChI is InChI=1S/C20H22BrN3O/c1-23-12-5-6-13(23)8-14(7-12)24-10-11-3-2-4-15-18(11)16(20(24)25)9-17(21)19(15)22/h2-4,9,12-14H,5-8,10,22H2,1H3. The van der Waals surface area contributed by atoms with E-state index in [0.717, 1.165) is 39.3 Å². The molecular formula is C20H22BrN3O. The summed E-state index contributed by atoms with van der Waals surface area (Å²) < 4.78 is 0.811. The maximum atomic E-state index is 13.3. The average Bonchev–Trinajstić information content (AvgIpc) is 2.83. The molecule has 4 nitrogen and oxygen atoms in total. The van der Waals surface area contributed by atoms with E-state index in [0.29, 0.717) is 24.7 Å². The summed E-state index contributed by atoms with van der Waals surface area (Å²) in [5.74, 6) is 0.165. The van der Waals surface area contributed by atoms with Crippen molar-refractivity contribution in [2.75, 3.05) is 12.8 Å². The monoisotopic (exact) mass is 399 g/mol. The molecule has 2 unspecified atom stereocenters. The highest BCUT2D eigenvalue weighted by Gasteiger charge is 2.42. The molecule has 2 atom stereocenters. The molecule has 3 aliphatic rings. The van der Waals surface area contributed by atoms with E-state index in [2.05, 4.69) is 44.9 Å². The van der Waals surface area contributed by atoms with Gasteiger partial charge in [0.2, 0.25) is 0 Å². The van der Waals surface area contributed by atoms with Crippen LogP contribution in [-0.4, -0.2) is 40.9 Å². The average molecular weight is 400 g/mol. The van der Waals surface area contributed by atoms with E-state index in [9.17, 15) is 4.79 Å². The Morgan fingerprint density at radius 3 is 2.60 bits per heavy atom. The van der Waals surface area contributed by atoms with E-state index in [1.54, 1.807) is 0 Å². The number of nitrogens with two attached hydrogens (primary N) is 1. The second-order valence-corrected chi connectivity index (χ2v) is 8.62. The number of hydrogen-bond donors (Lipinski definition) is 1. The number of benzene rings is 2. The molecule has 2 bridgehead atoms. The van der Waals surface area contributed by atoms with Crippen molar-refractivity contribution >= 4 is 38.3 Å². The zero-order valence-corrected chi connectivity index (χ0v) is 15.9. The van der Waals surface area contributed by atoms with E-state index in [1.807, 2.05) is 12.1 Å². The van der Waals surface area contributed by atoms with Crippen LogP contribution in [0.1, 0.15) is 41.6 Å². The lowest BCUT2D eigenvalue weighted by Crippen LogP contribution is -2.51. The van der Waals surface area contributed by atoms with Crippen molar-refractivity contribution < 1.29 is 4.79 Å². The molecule has 0 radical (unpaired) electrons. The minimum atomic E-state index is 0.165. The van der Waals surface area contributed by atoms with Gasteiger partial charge in [0, 0.05) is 45.5 Å². The van der Waals surface area contributed by atoms with Crippen LogP contribution < -0.4 is 5.73 Å². The van der Waals surface area contributed by atoms with Gasteiger partial charge in [-0.05, 0) is 60.3 Å². The lowest BCUT2D eigenvalue weighted by atomic mass is 9.90. The Morgan fingerprint density at radius 1 is 1.16 bits per heavy atom. The van der Waals surface area contributed by atoms with Crippen LogP contribution in [0.3, 0.4) is 0 Å². The minimum Gasteiger partial charge on any atom is -0.397 e. The Bertz CT molecular complexity index is 882. The molecule has 3 aliphatic heterocycles. The third kappa shape index (κ3) is 2.18. The number of nitrogens with zero attached hydrogens (tertiary/aromatic N) is 2. The van der Waals surface area contributed by atoms with Crippen molar-refractivity contribution in [3.05, 3.63) is 39.9 Å². The predicted octanol–water partition coefficient (Wildman–Crippen LogP) is 3.77. The van der Waals surface area contributed by atoms with Gasteiger partial charge in [0.15, 0.2) is 0 Å². The summed E-state index contributed by atoms with van der Waals surface area (Å²) >= 11 is 3.53. The lowest BCUT2D eigenvalue weighted by molar-refractivity contribution is 0.0452. The third-order valence-electron chi connectivity index (χ3n) is 6.58. The summed E-state index contributed by atoms with van der Waals surface area (Å²) in [6.07, 6.45) is 4.74. The second kappa shape index (κ2) is 5.45.